The molecule has 1 fully saturated rings. The van der Waals surface area contributed by atoms with Gasteiger partial charge in [0.25, 0.3) is 0 Å². The third-order valence-corrected chi connectivity index (χ3v) is 6.23. The Hall–Kier alpha value is -2.32. The minimum absolute atomic E-state index is 0.0286. The van der Waals surface area contributed by atoms with E-state index in [1.54, 1.807) is 18.2 Å². The third-order valence-electron chi connectivity index (χ3n) is 4.35. The molecule has 0 spiro atoms. The lowest BCUT2D eigenvalue weighted by molar-refractivity contribution is -0.120. The SMILES string of the molecule is O=C(Nc1c(F)cccc1F)C1CCCN(S(=O)(=O)c2ccccc2)C1. The van der Waals surface area contributed by atoms with E-state index in [2.05, 4.69) is 5.32 Å². The normalized spacial score (nSPS) is 18.5. The zero-order valence-corrected chi connectivity index (χ0v) is 14.7. The van der Waals surface area contributed by atoms with Gasteiger partial charge in [0, 0.05) is 13.1 Å². The minimum Gasteiger partial charge on any atom is -0.321 e. The van der Waals surface area contributed by atoms with Crippen molar-refractivity contribution < 1.29 is 22.0 Å². The summed E-state index contributed by atoms with van der Waals surface area (Å²) in [6.07, 6.45) is 0.937. The van der Waals surface area contributed by atoms with Gasteiger partial charge >= 0.3 is 0 Å². The van der Waals surface area contributed by atoms with Crippen LogP contribution in [0.4, 0.5) is 14.5 Å². The van der Waals surface area contributed by atoms with Crippen molar-refractivity contribution in [1.29, 1.82) is 0 Å². The Balaban J connectivity index is 1.75. The Kier molecular flexibility index (Phi) is 5.33. The van der Waals surface area contributed by atoms with Crippen molar-refractivity contribution in [3.63, 3.8) is 0 Å². The lowest BCUT2D eigenvalue weighted by Gasteiger charge is -2.31. The molecule has 26 heavy (non-hydrogen) atoms. The van der Waals surface area contributed by atoms with E-state index in [1.165, 1.54) is 22.5 Å². The summed E-state index contributed by atoms with van der Waals surface area (Å²) in [6, 6.07) is 11.3. The average molecular weight is 380 g/mol. The lowest BCUT2D eigenvalue weighted by Crippen LogP contribution is -2.43. The van der Waals surface area contributed by atoms with E-state index in [0.717, 1.165) is 12.1 Å². The smallest absolute Gasteiger partial charge is 0.243 e. The summed E-state index contributed by atoms with van der Waals surface area (Å²) < 4.78 is 54.0. The molecular formula is C18H18F2N2O3S. The van der Waals surface area contributed by atoms with Crippen molar-refractivity contribution in [3.05, 3.63) is 60.2 Å². The second-order valence-corrected chi connectivity index (χ2v) is 8.04. The highest BCUT2D eigenvalue weighted by Crippen LogP contribution is 2.26. The van der Waals surface area contributed by atoms with Crippen LogP contribution in [0.1, 0.15) is 12.8 Å². The van der Waals surface area contributed by atoms with E-state index >= 15 is 0 Å². The van der Waals surface area contributed by atoms with Crippen LogP contribution in [0.3, 0.4) is 0 Å². The molecule has 1 heterocycles. The maximum Gasteiger partial charge on any atom is 0.243 e. The summed E-state index contributed by atoms with van der Waals surface area (Å²) in [5, 5.41) is 2.25. The zero-order chi connectivity index (χ0) is 18.7. The van der Waals surface area contributed by atoms with Gasteiger partial charge in [-0.15, -0.1) is 0 Å². The number of nitrogens with zero attached hydrogens (tertiary/aromatic N) is 1. The van der Waals surface area contributed by atoms with Gasteiger partial charge in [-0.05, 0) is 37.1 Å². The third kappa shape index (κ3) is 3.76. The minimum atomic E-state index is -3.71. The number of carbonyl (C=O) groups excluding carboxylic acids is 1. The van der Waals surface area contributed by atoms with Crippen LogP contribution >= 0.6 is 0 Å². The summed E-state index contributed by atoms with van der Waals surface area (Å²) in [4.78, 5) is 12.6. The average Bonchev–Trinajstić information content (AvgIpc) is 2.65. The predicted molar refractivity (Wildman–Crippen MR) is 92.9 cm³/mol. The van der Waals surface area contributed by atoms with Crippen LogP contribution in [0.5, 0.6) is 0 Å². The zero-order valence-electron chi connectivity index (χ0n) is 13.9. The summed E-state index contributed by atoms with van der Waals surface area (Å²) in [5.41, 5.74) is -0.513. The molecule has 0 bridgehead atoms. The summed E-state index contributed by atoms with van der Waals surface area (Å²) in [6.45, 7) is 0.272. The number of para-hydroxylation sites is 1. The molecular weight excluding hydrogens is 362 g/mol. The van der Waals surface area contributed by atoms with Gasteiger partial charge in [-0.3, -0.25) is 4.79 Å². The van der Waals surface area contributed by atoms with Gasteiger partial charge in [-0.25, -0.2) is 17.2 Å². The molecule has 1 N–H and O–H groups in total. The molecule has 3 rings (SSSR count). The van der Waals surface area contributed by atoms with Crippen LogP contribution in [0.15, 0.2) is 53.4 Å². The first-order chi connectivity index (χ1) is 12.4. The van der Waals surface area contributed by atoms with E-state index in [0.29, 0.717) is 19.4 Å². The molecule has 8 heteroatoms. The van der Waals surface area contributed by atoms with Gasteiger partial charge in [0.15, 0.2) is 0 Å². The molecule has 2 aromatic carbocycles. The monoisotopic (exact) mass is 380 g/mol. The summed E-state index contributed by atoms with van der Waals surface area (Å²) in [7, 11) is -3.71. The van der Waals surface area contributed by atoms with Crippen molar-refractivity contribution in [2.45, 2.75) is 17.7 Å². The molecule has 1 atom stereocenters. The molecule has 0 radical (unpaired) electrons. The highest BCUT2D eigenvalue weighted by Gasteiger charge is 2.33. The number of sulfonamides is 1. The Morgan fingerprint density at radius 3 is 2.35 bits per heavy atom. The number of nitrogens with one attached hydrogen (secondary N) is 1. The Bertz CT molecular complexity index is 884. The second-order valence-electron chi connectivity index (χ2n) is 6.10. The first-order valence-corrected chi connectivity index (χ1v) is 9.63. The fraction of sp³-hybridized carbons (Fsp3) is 0.278. The van der Waals surface area contributed by atoms with Gasteiger partial charge < -0.3 is 5.32 Å². The van der Waals surface area contributed by atoms with E-state index in [1.807, 2.05) is 0 Å². The number of piperidine rings is 1. The number of rotatable bonds is 4. The molecule has 1 unspecified atom stereocenters. The Labute approximate surface area is 150 Å². The van der Waals surface area contributed by atoms with Crippen LogP contribution < -0.4 is 5.32 Å². The van der Waals surface area contributed by atoms with Gasteiger partial charge in [0.05, 0.1) is 10.8 Å². The van der Waals surface area contributed by atoms with Crippen LogP contribution in [0.2, 0.25) is 0 Å². The number of benzene rings is 2. The first kappa shape index (κ1) is 18.5. The van der Waals surface area contributed by atoms with Crippen LogP contribution in [-0.2, 0) is 14.8 Å². The number of hydrogen-bond donors (Lipinski definition) is 1. The molecule has 1 saturated heterocycles. The molecule has 138 valence electrons. The van der Waals surface area contributed by atoms with Crippen molar-refractivity contribution >= 4 is 21.6 Å². The van der Waals surface area contributed by atoms with Crippen molar-refractivity contribution in [2.24, 2.45) is 5.92 Å². The molecule has 5 nitrogen and oxygen atoms in total. The molecule has 0 saturated carbocycles. The topological polar surface area (TPSA) is 66.5 Å². The maximum atomic E-state index is 13.7. The fourth-order valence-corrected chi connectivity index (χ4v) is 4.50. The van der Waals surface area contributed by atoms with E-state index in [4.69, 9.17) is 0 Å². The molecule has 2 aromatic rings. The molecule has 1 amide bonds. The van der Waals surface area contributed by atoms with Crippen molar-refractivity contribution in [3.8, 4) is 0 Å². The van der Waals surface area contributed by atoms with Gasteiger partial charge in [0.1, 0.15) is 17.3 Å². The predicted octanol–water partition coefficient (Wildman–Crippen LogP) is 3.00. The van der Waals surface area contributed by atoms with Crippen LogP contribution in [-0.4, -0.2) is 31.7 Å². The number of amides is 1. The fourth-order valence-electron chi connectivity index (χ4n) is 2.96. The summed E-state index contributed by atoms with van der Waals surface area (Å²) in [5.74, 6) is -3.02. The second kappa shape index (κ2) is 7.51. The first-order valence-electron chi connectivity index (χ1n) is 8.19. The van der Waals surface area contributed by atoms with Gasteiger partial charge in [-0.1, -0.05) is 24.3 Å². The molecule has 1 aliphatic heterocycles. The molecule has 0 aromatic heterocycles. The van der Waals surface area contributed by atoms with Crippen LogP contribution in [0, 0.1) is 17.6 Å². The standard InChI is InChI=1S/C18H18F2N2O3S/c19-15-9-4-10-16(20)17(15)21-18(23)13-6-5-11-22(12-13)26(24,25)14-7-2-1-3-8-14/h1-4,7-10,13H,5-6,11-12H2,(H,21,23). The molecule has 0 aliphatic carbocycles. The van der Waals surface area contributed by atoms with Crippen LogP contribution in [0.25, 0.3) is 0 Å². The highest BCUT2D eigenvalue weighted by molar-refractivity contribution is 7.89. The largest absolute Gasteiger partial charge is 0.321 e. The van der Waals surface area contributed by atoms with E-state index in [-0.39, 0.29) is 11.4 Å². The van der Waals surface area contributed by atoms with E-state index in [9.17, 15) is 22.0 Å². The summed E-state index contributed by atoms with van der Waals surface area (Å²) >= 11 is 0. The lowest BCUT2D eigenvalue weighted by atomic mass is 9.98. The maximum absolute atomic E-state index is 13.7. The number of halogens is 2. The highest BCUT2D eigenvalue weighted by atomic mass is 32.2. The number of carbonyl (C=O) groups is 1. The quantitative estimate of drug-likeness (QED) is 0.887. The Morgan fingerprint density at radius 1 is 1.04 bits per heavy atom. The Morgan fingerprint density at radius 2 is 1.69 bits per heavy atom. The number of hydrogen-bond acceptors (Lipinski definition) is 3. The van der Waals surface area contributed by atoms with Gasteiger partial charge in [-0.2, -0.15) is 4.31 Å². The van der Waals surface area contributed by atoms with Crippen molar-refractivity contribution in [1.82, 2.24) is 4.31 Å². The van der Waals surface area contributed by atoms with E-state index < -0.39 is 39.2 Å². The van der Waals surface area contributed by atoms with Gasteiger partial charge in [0.2, 0.25) is 15.9 Å². The molecule has 1 aliphatic rings. The number of anilines is 1. The van der Waals surface area contributed by atoms with Crippen molar-refractivity contribution in [2.75, 3.05) is 18.4 Å².